The van der Waals surface area contributed by atoms with Crippen molar-refractivity contribution in [2.45, 2.75) is 19.5 Å². The molecule has 0 unspecified atom stereocenters. The summed E-state index contributed by atoms with van der Waals surface area (Å²) in [6, 6.07) is 10.7. The number of hydrogen-bond donors (Lipinski definition) is 0. The summed E-state index contributed by atoms with van der Waals surface area (Å²) in [5.74, 6) is 0. The van der Waals surface area contributed by atoms with E-state index in [1.807, 2.05) is 0 Å². The van der Waals surface area contributed by atoms with E-state index in [1.165, 1.54) is 33.7 Å². The minimum absolute atomic E-state index is 1.07. The molecule has 0 atom stereocenters. The second kappa shape index (κ2) is 3.96. The van der Waals surface area contributed by atoms with Crippen LogP contribution < -0.4 is 0 Å². The molecule has 5 rings (SSSR count). The van der Waals surface area contributed by atoms with E-state index in [-0.39, 0.29) is 0 Å². The third kappa shape index (κ3) is 1.36. The van der Waals surface area contributed by atoms with Gasteiger partial charge < -0.3 is 0 Å². The van der Waals surface area contributed by atoms with Gasteiger partial charge in [-0.05, 0) is 34.0 Å². The van der Waals surface area contributed by atoms with Crippen LogP contribution in [0.4, 0.5) is 0 Å². The van der Waals surface area contributed by atoms with Crippen molar-refractivity contribution in [3.63, 3.8) is 0 Å². The molecular weight excluding hydrogens is 282 g/mol. The predicted molar refractivity (Wildman–Crippen MR) is 95.2 cm³/mol. The van der Waals surface area contributed by atoms with Gasteiger partial charge in [-0.1, -0.05) is 61.7 Å². The lowest BCUT2D eigenvalue weighted by molar-refractivity contribution is 1.26. The monoisotopic (exact) mass is 299 g/mol. The van der Waals surface area contributed by atoms with Crippen LogP contribution in [0.2, 0.25) is 13.1 Å². The first-order valence-corrected chi connectivity index (χ1v) is 10.9. The Morgan fingerprint density at radius 3 is 2.59 bits per heavy atom. The quantitative estimate of drug-likeness (QED) is 0.697. The van der Waals surface area contributed by atoms with Crippen molar-refractivity contribution >= 4 is 19.5 Å². The van der Waals surface area contributed by atoms with E-state index in [9.17, 15) is 0 Å². The van der Waals surface area contributed by atoms with Gasteiger partial charge in [0.1, 0.15) is 8.07 Å². The third-order valence-electron chi connectivity index (χ3n) is 5.19. The van der Waals surface area contributed by atoms with Crippen LogP contribution >= 0.6 is 0 Å². The van der Waals surface area contributed by atoms with Crippen LogP contribution in [0.1, 0.15) is 12.0 Å². The van der Waals surface area contributed by atoms with Gasteiger partial charge >= 0.3 is 0 Å². The van der Waals surface area contributed by atoms with Gasteiger partial charge in [0.15, 0.2) is 0 Å². The molecule has 106 valence electrons. The van der Waals surface area contributed by atoms with Crippen LogP contribution in [0.5, 0.6) is 0 Å². The summed E-state index contributed by atoms with van der Waals surface area (Å²) in [5.41, 5.74) is 8.13. The zero-order valence-electron chi connectivity index (χ0n) is 12.9. The average molecular weight is 299 g/mol. The van der Waals surface area contributed by atoms with E-state index in [0.29, 0.717) is 0 Å². The zero-order chi connectivity index (χ0) is 14.9. The standard InChI is InChI=1S/C20H17NSi/c1-22(2)19-15(13-8-6-7-9-13)12-16-17(19)20(22)18(21-16)14-10-4-3-5-11-14/h3-8,10-12H,9H2,1-2H3. The summed E-state index contributed by atoms with van der Waals surface area (Å²) in [4.78, 5) is 5.01. The summed E-state index contributed by atoms with van der Waals surface area (Å²) >= 11 is 0. The Balaban J connectivity index is 1.68. The maximum atomic E-state index is 5.01. The lowest BCUT2D eigenvalue weighted by Gasteiger charge is -2.39. The molecule has 0 aromatic heterocycles. The van der Waals surface area contributed by atoms with Gasteiger partial charge in [-0.3, -0.25) is 0 Å². The van der Waals surface area contributed by atoms with Gasteiger partial charge in [0.2, 0.25) is 0 Å². The van der Waals surface area contributed by atoms with Crippen molar-refractivity contribution in [1.82, 2.24) is 0 Å². The molecule has 4 aliphatic rings. The predicted octanol–water partition coefficient (Wildman–Crippen LogP) is 4.78. The van der Waals surface area contributed by atoms with Crippen LogP contribution in [-0.2, 0) is 0 Å². The minimum atomic E-state index is -1.54. The van der Waals surface area contributed by atoms with Crippen LogP contribution in [0.25, 0.3) is 5.70 Å². The topological polar surface area (TPSA) is 12.4 Å². The van der Waals surface area contributed by atoms with Crippen molar-refractivity contribution in [3.05, 3.63) is 87.3 Å². The second-order valence-corrected chi connectivity index (χ2v) is 11.1. The molecule has 2 aliphatic heterocycles. The van der Waals surface area contributed by atoms with Crippen molar-refractivity contribution in [2.24, 2.45) is 4.99 Å². The molecule has 0 N–H and O–H groups in total. The first-order chi connectivity index (χ1) is 10.7. The summed E-state index contributed by atoms with van der Waals surface area (Å²) in [6.07, 6.45) is 10.1. The van der Waals surface area contributed by atoms with Gasteiger partial charge in [-0.2, -0.15) is 0 Å². The van der Waals surface area contributed by atoms with Crippen LogP contribution in [0, 0.1) is 0 Å². The summed E-state index contributed by atoms with van der Waals surface area (Å²) in [6.45, 7) is 4.95. The molecule has 1 aromatic rings. The average Bonchev–Trinajstić information content (AvgIpc) is 3.19. The minimum Gasteiger partial charge on any atom is -0.248 e. The molecule has 0 saturated heterocycles. The number of hydrogen-bond acceptors (Lipinski definition) is 1. The van der Waals surface area contributed by atoms with Gasteiger partial charge in [0.25, 0.3) is 0 Å². The molecular formula is C20H17NSi. The fourth-order valence-electron chi connectivity index (χ4n) is 4.21. The number of allylic oxidation sites excluding steroid dienone is 9. The second-order valence-electron chi connectivity index (χ2n) is 6.84. The van der Waals surface area contributed by atoms with E-state index in [1.54, 1.807) is 10.4 Å². The molecule has 0 radical (unpaired) electrons. The Morgan fingerprint density at radius 1 is 1.05 bits per heavy atom. The number of benzene rings is 1. The normalized spacial score (nSPS) is 23.5. The lowest BCUT2D eigenvalue weighted by Crippen LogP contribution is -2.43. The highest BCUT2D eigenvalue weighted by atomic mass is 28.3. The molecule has 0 fully saturated rings. The Morgan fingerprint density at radius 2 is 1.86 bits per heavy atom. The highest BCUT2D eigenvalue weighted by molar-refractivity contribution is 6.99. The number of rotatable bonds is 2. The molecule has 1 nitrogen and oxygen atoms in total. The van der Waals surface area contributed by atoms with Crippen LogP contribution in [-0.4, -0.2) is 13.8 Å². The molecule has 1 aromatic carbocycles. The van der Waals surface area contributed by atoms with Crippen molar-refractivity contribution in [2.75, 3.05) is 0 Å². The van der Waals surface area contributed by atoms with Crippen molar-refractivity contribution in [1.29, 1.82) is 0 Å². The van der Waals surface area contributed by atoms with Gasteiger partial charge in [0.05, 0.1) is 11.4 Å². The molecule has 2 aliphatic carbocycles. The lowest BCUT2D eigenvalue weighted by atomic mass is 10.1. The summed E-state index contributed by atoms with van der Waals surface area (Å²) in [7, 11) is -1.54. The third-order valence-corrected chi connectivity index (χ3v) is 8.70. The highest BCUT2D eigenvalue weighted by Crippen LogP contribution is 2.57. The molecule has 2 heteroatoms. The van der Waals surface area contributed by atoms with Gasteiger partial charge in [-0.15, -0.1) is 0 Å². The maximum Gasteiger partial charge on any atom is 0.117 e. The Hall–Kier alpha value is -2.19. The summed E-state index contributed by atoms with van der Waals surface area (Å²) < 4.78 is 0. The largest absolute Gasteiger partial charge is 0.248 e. The number of nitrogens with zero attached hydrogens (tertiary/aromatic N) is 1. The van der Waals surface area contributed by atoms with Gasteiger partial charge in [0, 0.05) is 11.1 Å². The van der Waals surface area contributed by atoms with E-state index in [4.69, 9.17) is 4.99 Å². The van der Waals surface area contributed by atoms with E-state index in [0.717, 1.165) is 6.42 Å². The number of aliphatic imine (C=N–C) groups is 1. The van der Waals surface area contributed by atoms with Gasteiger partial charge in [-0.25, -0.2) is 4.99 Å². The molecule has 0 spiro atoms. The highest BCUT2D eigenvalue weighted by Gasteiger charge is 2.53. The fourth-order valence-corrected chi connectivity index (χ4v) is 7.72. The first kappa shape index (κ1) is 12.4. The van der Waals surface area contributed by atoms with E-state index in [2.05, 4.69) is 67.7 Å². The fraction of sp³-hybridized carbons (Fsp3) is 0.150. The molecule has 2 heterocycles. The van der Waals surface area contributed by atoms with Crippen LogP contribution in [0.3, 0.4) is 0 Å². The first-order valence-electron chi connectivity index (χ1n) is 7.90. The molecule has 0 bridgehead atoms. The molecule has 0 amide bonds. The van der Waals surface area contributed by atoms with Crippen molar-refractivity contribution in [3.8, 4) is 0 Å². The Labute approximate surface area is 131 Å². The maximum absolute atomic E-state index is 5.01. The molecule has 22 heavy (non-hydrogen) atoms. The smallest absolute Gasteiger partial charge is 0.117 e. The summed E-state index contributed by atoms with van der Waals surface area (Å²) in [5, 5.41) is 3.21. The Bertz CT molecular complexity index is 902. The van der Waals surface area contributed by atoms with E-state index >= 15 is 0 Å². The van der Waals surface area contributed by atoms with Crippen LogP contribution in [0.15, 0.2) is 86.7 Å². The van der Waals surface area contributed by atoms with Crippen molar-refractivity contribution < 1.29 is 0 Å². The SMILES string of the molecule is C[Si]1(C)C2=C3C(=NC(c4ccccc4)=C31)C=C2C1=CC=CC1. The zero-order valence-corrected chi connectivity index (χ0v) is 13.9. The van der Waals surface area contributed by atoms with E-state index < -0.39 is 8.07 Å². The Kier molecular flexibility index (Phi) is 2.22. The molecule has 0 saturated carbocycles.